The van der Waals surface area contributed by atoms with E-state index >= 15 is 0 Å². The van der Waals surface area contributed by atoms with E-state index < -0.39 is 0 Å². The molecule has 1 rings (SSSR count). The maximum atomic E-state index is 9.11. The van der Waals surface area contributed by atoms with E-state index in [9.17, 15) is 0 Å². The fourth-order valence-corrected chi connectivity index (χ4v) is 1.77. The molecular formula is C13H20ClNO2. The van der Waals surface area contributed by atoms with Crippen LogP contribution in [0.25, 0.3) is 0 Å². The van der Waals surface area contributed by atoms with Gasteiger partial charge in [0.05, 0.1) is 13.2 Å². The molecule has 0 aliphatic carbocycles. The Bertz CT molecular complexity index is 340. The molecule has 0 saturated heterocycles. The molecule has 1 atom stereocenters. The molecule has 0 amide bonds. The van der Waals surface area contributed by atoms with Crippen LogP contribution in [0.3, 0.4) is 0 Å². The quantitative estimate of drug-likeness (QED) is 0.789. The zero-order valence-corrected chi connectivity index (χ0v) is 11.1. The van der Waals surface area contributed by atoms with Gasteiger partial charge in [-0.15, -0.1) is 0 Å². The van der Waals surface area contributed by atoms with Crippen molar-refractivity contribution in [1.82, 2.24) is 5.32 Å². The van der Waals surface area contributed by atoms with Crippen LogP contribution in [0.4, 0.5) is 0 Å². The van der Waals surface area contributed by atoms with Crippen molar-refractivity contribution in [3.63, 3.8) is 0 Å². The van der Waals surface area contributed by atoms with Gasteiger partial charge < -0.3 is 15.2 Å². The molecule has 0 bridgehead atoms. The predicted molar refractivity (Wildman–Crippen MR) is 70.6 cm³/mol. The first-order chi connectivity index (χ1) is 8.21. The molecule has 17 heavy (non-hydrogen) atoms. The maximum Gasteiger partial charge on any atom is 0.123 e. The lowest BCUT2D eigenvalue weighted by atomic mass is 10.1. The summed E-state index contributed by atoms with van der Waals surface area (Å²) >= 11 is 5.97. The summed E-state index contributed by atoms with van der Waals surface area (Å²) in [5, 5.41) is 13.1. The van der Waals surface area contributed by atoms with Crippen LogP contribution in [0.1, 0.15) is 25.8 Å². The third kappa shape index (κ3) is 4.54. The maximum absolute atomic E-state index is 9.11. The Balaban J connectivity index is 2.70. The number of nitrogens with one attached hydrogen (secondary N) is 1. The van der Waals surface area contributed by atoms with Gasteiger partial charge in [-0.25, -0.2) is 0 Å². The van der Waals surface area contributed by atoms with Crippen molar-refractivity contribution in [2.75, 3.05) is 13.2 Å². The molecule has 0 aliphatic heterocycles. The van der Waals surface area contributed by atoms with Gasteiger partial charge in [-0.1, -0.05) is 18.5 Å². The monoisotopic (exact) mass is 257 g/mol. The number of rotatable bonds is 7. The van der Waals surface area contributed by atoms with Gasteiger partial charge >= 0.3 is 0 Å². The van der Waals surface area contributed by atoms with E-state index in [1.54, 1.807) is 0 Å². The van der Waals surface area contributed by atoms with Crippen LogP contribution in [0.5, 0.6) is 5.75 Å². The highest BCUT2D eigenvalue weighted by Crippen LogP contribution is 2.23. The predicted octanol–water partition coefficient (Wildman–Crippen LogP) is 2.60. The zero-order valence-electron chi connectivity index (χ0n) is 10.4. The second-order valence-corrected chi connectivity index (χ2v) is 4.29. The second-order valence-electron chi connectivity index (χ2n) is 3.85. The number of benzene rings is 1. The molecule has 1 aromatic carbocycles. The molecule has 2 N–H and O–H groups in total. The molecule has 0 aromatic heterocycles. The molecule has 0 fully saturated rings. The van der Waals surface area contributed by atoms with Crippen LogP contribution >= 0.6 is 11.6 Å². The van der Waals surface area contributed by atoms with Crippen molar-refractivity contribution in [3.8, 4) is 5.75 Å². The lowest BCUT2D eigenvalue weighted by Gasteiger charge is -2.16. The van der Waals surface area contributed by atoms with Crippen molar-refractivity contribution < 1.29 is 9.84 Å². The molecule has 0 heterocycles. The minimum atomic E-state index is 0.114. The van der Waals surface area contributed by atoms with E-state index in [0.29, 0.717) is 18.2 Å². The molecule has 96 valence electrons. The fourth-order valence-electron chi connectivity index (χ4n) is 1.57. The summed E-state index contributed by atoms with van der Waals surface area (Å²) in [6.45, 7) is 5.41. The van der Waals surface area contributed by atoms with Crippen LogP contribution in [-0.2, 0) is 6.54 Å². The van der Waals surface area contributed by atoms with E-state index in [1.165, 1.54) is 0 Å². The number of halogens is 1. The minimum absolute atomic E-state index is 0.114. The van der Waals surface area contributed by atoms with E-state index in [1.807, 2.05) is 32.0 Å². The molecule has 0 unspecified atom stereocenters. The first-order valence-corrected chi connectivity index (χ1v) is 6.34. The van der Waals surface area contributed by atoms with Crippen molar-refractivity contribution in [2.45, 2.75) is 32.9 Å². The number of aliphatic hydroxyl groups is 1. The van der Waals surface area contributed by atoms with Crippen molar-refractivity contribution in [2.24, 2.45) is 0 Å². The Kier molecular flexibility index (Phi) is 6.34. The van der Waals surface area contributed by atoms with Crippen LogP contribution in [-0.4, -0.2) is 24.4 Å². The average Bonchev–Trinajstić information content (AvgIpc) is 2.34. The summed E-state index contributed by atoms with van der Waals surface area (Å²) in [7, 11) is 0. The van der Waals surface area contributed by atoms with E-state index in [-0.39, 0.29) is 12.6 Å². The summed E-state index contributed by atoms with van der Waals surface area (Å²) in [5.74, 6) is 0.845. The highest BCUT2D eigenvalue weighted by molar-refractivity contribution is 6.30. The van der Waals surface area contributed by atoms with Gasteiger partial charge in [0.15, 0.2) is 0 Å². The first-order valence-electron chi connectivity index (χ1n) is 5.96. The van der Waals surface area contributed by atoms with Crippen molar-refractivity contribution >= 4 is 11.6 Å². The highest BCUT2D eigenvalue weighted by atomic mass is 35.5. The third-order valence-corrected chi connectivity index (χ3v) is 2.85. The van der Waals surface area contributed by atoms with Gasteiger partial charge in [0, 0.05) is 23.2 Å². The largest absolute Gasteiger partial charge is 0.494 e. The van der Waals surface area contributed by atoms with Gasteiger partial charge in [0.1, 0.15) is 5.75 Å². The molecule has 4 heteroatoms. The fraction of sp³-hybridized carbons (Fsp3) is 0.538. The number of hydrogen-bond donors (Lipinski definition) is 2. The standard InChI is InChI=1S/C13H20ClNO2/c1-3-12(9-16)15-8-10-7-11(14)5-6-13(10)17-4-2/h5-7,12,15-16H,3-4,8-9H2,1-2H3/t12-/m1/s1. The Morgan fingerprint density at radius 2 is 2.18 bits per heavy atom. The van der Waals surface area contributed by atoms with Crippen molar-refractivity contribution in [3.05, 3.63) is 28.8 Å². The Hall–Kier alpha value is -0.770. The molecule has 3 nitrogen and oxygen atoms in total. The number of aliphatic hydroxyl groups excluding tert-OH is 1. The number of hydrogen-bond acceptors (Lipinski definition) is 3. The summed E-state index contributed by atoms with van der Waals surface area (Å²) < 4.78 is 5.53. The van der Waals surface area contributed by atoms with Gasteiger partial charge in [-0.3, -0.25) is 0 Å². The first kappa shape index (κ1) is 14.3. The van der Waals surface area contributed by atoms with Crippen LogP contribution < -0.4 is 10.1 Å². The van der Waals surface area contributed by atoms with Gasteiger partial charge in [-0.05, 0) is 31.5 Å². The van der Waals surface area contributed by atoms with Gasteiger partial charge in [0.2, 0.25) is 0 Å². The topological polar surface area (TPSA) is 41.5 Å². The van der Waals surface area contributed by atoms with Crippen LogP contribution in [0.15, 0.2) is 18.2 Å². The summed E-state index contributed by atoms with van der Waals surface area (Å²) in [5.41, 5.74) is 1.02. The Morgan fingerprint density at radius 1 is 1.41 bits per heavy atom. The van der Waals surface area contributed by atoms with Crippen LogP contribution in [0, 0.1) is 0 Å². The lowest BCUT2D eigenvalue weighted by molar-refractivity contribution is 0.237. The second kappa shape index (κ2) is 7.54. The minimum Gasteiger partial charge on any atom is -0.494 e. The molecule has 0 aliphatic rings. The third-order valence-electron chi connectivity index (χ3n) is 2.62. The Labute approximate surface area is 108 Å². The number of ether oxygens (including phenoxy) is 1. The molecule has 0 spiro atoms. The van der Waals surface area contributed by atoms with E-state index in [4.69, 9.17) is 21.4 Å². The summed E-state index contributed by atoms with van der Waals surface area (Å²) in [6, 6.07) is 5.70. The molecular weight excluding hydrogens is 238 g/mol. The zero-order chi connectivity index (χ0) is 12.7. The van der Waals surface area contributed by atoms with E-state index in [0.717, 1.165) is 17.7 Å². The summed E-state index contributed by atoms with van der Waals surface area (Å²) in [6.07, 6.45) is 0.890. The SMILES string of the molecule is CCOc1ccc(Cl)cc1CN[C@H](CC)CO. The highest BCUT2D eigenvalue weighted by Gasteiger charge is 2.08. The Morgan fingerprint density at radius 3 is 2.76 bits per heavy atom. The van der Waals surface area contributed by atoms with Crippen molar-refractivity contribution in [1.29, 1.82) is 0 Å². The lowest BCUT2D eigenvalue weighted by Crippen LogP contribution is -2.31. The average molecular weight is 258 g/mol. The van der Waals surface area contributed by atoms with Gasteiger partial charge in [-0.2, -0.15) is 0 Å². The molecule has 0 radical (unpaired) electrons. The molecule has 0 saturated carbocycles. The molecule has 1 aromatic rings. The van der Waals surface area contributed by atoms with E-state index in [2.05, 4.69) is 5.32 Å². The normalized spacial score (nSPS) is 12.5. The smallest absolute Gasteiger partial charge is 0.123 e. The summed E-state index contributed by atoms with van der Waals surface area (Å²) in [4.78, 5) is 0. The van der Waals surface area contributed by atoms with Gasteiger partial charge in [0.25, 0.3) is 0 Å². The van der Waals surface area contributed by atoms with Crippen LogP contribution in [0.2, 0.25) is 5.02 Å².